The Kier molecular flexibility index (Phi) is 2.50. The van der Waals surface area contributed by atoms with Crippen LogP contribution in [-0.4, -0.2) is 0 Å². The van der Waals surface area contributed by atoms with Crippen molar-refractivity contribution >= 4 is 11.6 Å². The van der Waals surface area contributed by atoms with Crippen molar-refractivity contribution in [3.63, 3.8) is 0 Å². The van der Waals surface area contributed by atoms with Gasteiger partial charge < -0.3 is 5.73 Å². The van der Waals surface area contributed by atoms with Crippen LogP contribution in [0.25, 0.3) is 0 Å². The zero-order valence-corrected chi connectivity index (χ0v) is 8.81. The van der Waals surface area contributed by atoms with Crippen LogP contribution in [0.2, 0.25) is 5.02 Å². The molecule has 1 aromatic rings. The van der Waals surface area contributed by atoms with Crippen molar-refractivity contribution in [3.05, 3.63) is 34.1 Å². The molecule has 0 amide bonds. The fourth-order valence-electron chi connectivity index (χ4n) is 1.64. The van der Waals surface area contributed by atoms with Crippen LogP contribution < -0.4 is 5.73 Å². The van der Waals surface area contributed by atoms with Crippen molar-refractivity contribution in [3.8, 4) is 0 Å². The molecule has 0 aliphatic heterocycles. The van der Waals surface area contributed by atoms with E-state index in [1.165, 1.54) is 6.07 Å². The number of halogens is 2. The first-order valence-electron chi connectivity index (χ1n) is 4.80. The van der Waals surface area contributed by atoms with E-state index in [9.17, 15) is 4.39 Å². The molecule has 76 valence electrons. The second-order valence-corrected chi connectivity index (χ2v) is 4.39. The van der Waals surface area contributed by atoms with Gasteiger partial charge in [-0.2, -0.15) is 0 Å². The largest absolute Gasteiger partial charge is 0.324 e. The van der Waals surface area contributed by atoms with Crippen LogP contribution in [0.3, 0.4) is 0 Å². The predicted octanol–water partition coefficient (Wildman–Crippen LogP) is 3.20. The van der Waals surface area contributed by atoms with Gasteiger partial charge in [-0.1, -0.05) is 17.7 Å². The lowest BCUT2D eigenvalue weighted by Gasteiger charge is -2.13. The van der Waals surface area contributed by atoms with Gasteiger partial charge >= 0.3 is 0 Å². The zero-order valence-electron chi connectivity index (χ0n) is 8.06. The van der Waals surface area contributed by atoms with E-state index in [2.05, 4.69) is 0 Å². The SMILES string of the molecule is Cc1cc(C(N)C2CC2)c(Cl)cc1F. The van der Waals surface area contributed by atoms with Gasteiger partial charge in [0.15, 0.2) is 0 Å². The molecule has 0 heterocycles. The number of hydrogen-bond acceptors (Lipinski definition) is 1. The minimum Gasteiger partial charge on any atom is -0.324 e. The summed E-state index contributed by atoms with van der Waals surface area (Å²) in [6.07, 6.45) is 2.32. The van der Waals surface area contributed by atoms with E-state index < -0.39 is 0 Å². The highest BCUT2D eigenvalue weighted by molar-refractivity contribution is 6.31. The Labute approximate surface area is 88.1 Å². The topological polar surface area (TPSA) is 26.0 Å². The molecule has 1 fully saturated rings. The number of hydrogen-bond donors (Lipinski definition) is 1. The molecule has 0 radical (unpaired) electrons. The summed E-state index contributed by atoms with van der Waals surface area (Å²) in [5.74, 6) is 0.277. The quantitative estimate of drug-likeness (QED) is 0.802. The van der Waals surface area contributed by atoms with Crippen LogP contribution in [0.4, 0.5) is 4.39 Å². The number of nitrogens with two attached hydrogens (primary N) is 1. The van der Waals surface area contributed by atoms with Gasteiger partial charge in [0.25, 0.3) is 0 Å². The van der Waals surface area contributed by atoms with Gasteiger partial charge in [-0.25, -0.2) is 4.39 Å². The van der Waals surface area contributed by atoms with Gasteiger partial charge in [0.1, 0.15) is 5.82 Å². The van der Waals surface area contributed by atoms with Crippen molar-refractivity contribution < 1.29 is 4.39 Å². The first-order valence-corrected chi connectivity index (χ1v) is 5.18. The first-order chi connectivity index (χ1) is 6.59. The van der Waals surface area contributed by atoms with E-state index in [-0.39, 0.29) is 11.9 Å². The van der Waals surface area contributed by atoms with Crippen molar-refractivity contribution in [1.82, 2.24) is 0 Å². The summed E-state index contributed by atoms with van der Waals surface area (Å²) in [6.45, 7) is 1.73. The van der Waals surface area contributed by atoms with Crippen molar-refractivity contribution in [1.29, 1.82) is 0 Å². The fourth-order valence-corrected chi connectivity index (χ4v) is 1.92. The molecular formula is C11H13ClFN. The molecule has 1 aliphatic carbocycles. The summed E-state index contributed by atoms with van der Waals surface area (Å²) in [6, 6.07) is 3.09. The highest BCUT2D eigenvalue weighted by Gasteiger charge is 2.30. The van der Waals surface area contributed by atoms with E-state index in [4.69, 9.17) is 17.3 Å². The summed E-state index contributed by atoms with van der Waals surface area (Å²) in [5, 5.41) is 0.451. The minimum absolute atomic E-state index is 0.0261. The molecular weight excluding hydrogens is 201 g/mol. The molecule has 14 heavy (non-hydrogen) atoms. The monoisotopic (exact) mass is 213 g/mol. The molecule has 0 aromatic heterocycles. The third-order valence-electron chi connectivity index (χ3n) is 2.77. The lowest BCUT2D eigenvalue weighted by molar-refractivity contribution is 0.606. The predicted molar refractivity (Wildman–Crippen MR) is 55.8 cm³/mol. The highest BCUT2D eigenvalue weighted by Crippen LogP contribution is 2.41. The van der Waals surface area contributed by atoms with Gasteiger partial charge in [0.05, 0.1) is 0 Å². The van der Waals surface area contributed by atoms with Gasteiger partial charge in [0.2, 0.25) is 0 Å². The maximum absolute atomic E-state index is 13.1. The average molecular weight is 214 g/mol. The van der Waals surface area contributed by atoms with Crippen molar-refractivity contribution in [2.24, 2.45) is 11.7 Å². The minimum atomic E-state index is -0.262. The molecule has 1 unspecified atom stereocenters. The molecule has 1 aromatic carbocycles. The molecule has 1 atom stereocenters. The summed E-state index contributed by atoms with van der Waals surface area (Å²) < 4.78 is 13.1. The molecule has 2 rings (SSSR count). The number of benzene rings is 1. The number of rotatable bonds is 2. The van der Waals surface area contributed by atoms with Gasteiger partial charge in [-0.15, -0.1) is 0 Å². The van der Waals surface area contributed by atoms with Gasteiger partial charge in [0, 0.05) is 11.1 Å². The Bertz CT molecular complexity index is 361. The lowest BCUT2D eigenvalue weighted by Crippen LogP contribution is -2.13. The Balaban J connectivity index is 2.36. The van der Waals surface area contributed by atoms with E-state index in [1.54, 1.807) is 13.0 Å². The Hall–Kier alpha value is -0.600. The van der Waals surface area contributed by atoms with Crippen molar-refractivity contribution in [2.75, 3.05) is 0 Å². The van der Waals surface area contributed by atoms with Crippen LogP contribution in [0.15, 0.2) is 12.1 Å². The van der Waals surface area contributed by atoms with Gasteiger partial charge in [-0.3, -0.25) is 0 Å². The average Bonchev–Trinajstić information content (AvgIpc) is 2.93. The molecule has 3 heteroatoms. The molecule has 0 saturated heterocycles. The molecule has 1 nitrogen and oxygen atoms in total. The van der Waals surface area contributed by atoms with Crippen LogP contribution >= 0.6 is 11.6 Å². The maximum Gasteiger partial charge on any atom is 0.127 e. The summed E-state index contributed by atoms with van der Waals surface area (Å²) in [4.78, 5) is 0. The Morgan fingerprint density at radius 1 is 1.50 bits per heavy atom. The molecule has 2 N–H and O–H groups in total. The van der Waals surface area contributed by atoms with Crippen LogP contribution in [0.5, 0.6) is 0 Å². The third-order valence-corrected chi connectivity index (χ3v) is 3.09. The molecule has 0 bridgehead atoms. The zero-order chi connectivity index (χ0) is 10.3. The Morgan fingerprint density at radius 3 is 2.71 bits per heavy atom. The third kappa shape index (κ3) is 1.77. The molecule has 1 saturated carbocycles. The van der Waals surface area contributed by atoms with Crippen LogP contribution in [0, 0.1) is 18.7 Å². The summed E-state index contributed by atoms with van der Waals surface area (Å²) in [7, 11) is 0. The van der Waals surface area contributed by atoms with Gasteiger partial charge in [-0.05, 0) is 42.9 Å². The standard InChI is InChI=1S/C11H13ClFN/c1-6-4-8(9(12)5-10(6)13)11(14)7-2-3-7/h4-5,7,11H,2-3,14H2,1H3. The van der Waals surface area contributed by atoms with E-state index in [0.717, 1.165) is 18.4 Å². The van der Waals surface area contributed by atoms with Crippen LogP contribution in [0.1, 0.15) is 30.0 Å². The first kappa shape index (κ1) is 9.94. The maximum atomic E-state index is 13.1. The summed E-state index contributed by atoms with van der Waals surface area (Å²) >= 11 is 5.95. The molecule has 1 aliphatic rings. The smallest absolute Gasteiger partial charge is 0.127 e. The Morgan fingerprint density at radius 2 is 2.14 bits per heavy atom. The summed E-state index contributed by atoms with van der Waals surface area (Å²) in [5.41, 5.74) is 7.51. The second-order valence-electron chi connectivity index (χ2n) is 3.99. The van der Waals surface area contributed by atoms with Crippen LogP contribution in [-0.2, 0) is 0 Å². The molecule has 0 spiro atoms. The normalized spacial score (nSPS) is 18.3. The van der Waals surface area contributed by atoms with E-state index in [0.29, 0.717) is 16.5 Å². The number of aryl methyl sites for hydroxylation is 1. The van der Waals surface area contributed by atoms with Crippen molar-refractivity contribution in [2.45, 2.75) is 25.8 Å². The van der Waals surface area contributed by atoms with E-state index in [1.807, 2.05) is 0 Å². The fraction of sp³-hybridized carbons (Fsp3) is 0.455. The lowest BCUT2D eigenvalue weighted by atomic mass is 10.0. The second kappa shape index (κ2) is 3.52. The van der Waals surface area contributed by atoms with E-state index >= 15 is 0 Å². The highest BCUT2D eigenvalue weighted by atomic mass is 35.5.